The van der Waals surface area contributed by atoms with Gasteiger partial charge in [-0.2, -0.15) is 8.42 Å². The fourth-order valence-corrected chi connectivity index (χ4v) is 1.95. The third-order valence-corrected chi connectivity index (χ3v) is 2.80. The molecule has 0 bridgehead atoms. The molecule has 0 rings (SSSR count). The Morgan fingerprint density at radius 2 is 1.80 bits per heavy atom. The zero-order valence-electron chi connectivity index (χ0n) is 9.61. The standard InChI is InChI=1S/C10H22O4S/c1-3-5-6-8-10(7-4-2)9-14-15(11,12)13/h10H,3-9H2,1-2H3,(H,11,12,13)/t10-/m0/s1. The molecule has 0 fully saturated rings. The third-order valence-electron chi connectivity index (χ3n) is 2.37. The van der Waals surface area contributed by atoms with Crippen LogP contribution in [0.15, 0.2) is 0 Å². The molecule has 4 nitrogen and oxygen atoms in total. The van der Waals surface area contributed by atoms with Crippen LogP contribution < -0.4 is 0 Å². The van der Waals surface area contributed by atoms with Crippen molar-refractivity contribution >= 4 is 10.4 Å². The van der Waals surface area contributed by atoms with Crippen LogP contribution in [-0.4, -0.2) is 19.6 Å². The van der Waals surface area contributed by atoms with E-state index in [9.17, 15) is 8.42 Å². The lowest BCUT2D eigenvalue weighted by Crippen LogP contribution is -2.14. The largest absolute Gasteiger partial charge is 0.397 e. The van der Waals surface area contributed by atoms with Gasteiger partial charge in [0.15, 0.2) is 0 Å². The molecule has 0 saturated heterocycles. The second kappa shape index (κ2) is 8.07. The van der Waals surface area contributed by atoms with Crippen LogP contribution >= 0.6 is 0 Å². The maximum atomic E-state index is 10.4. The van der Waals surface area contributed by atoms with E-state index in [0.717, 1.165) is 38.5 Å². The van der Waals surface area contributed by atoms with E-state index in [4.69, 9.17) is 4.55 Å². The highest BCUT2D eigenvalue weighted by molar-refractivity contribution is 7.80. The molecule has 0 saturated carbocycles. The van der Waals surface area contributed by atoms with Gasteiger partial charge in [-0.25, -0.2) is 4.18 Å². The van der Waals surface area contributed by atoms with Crippen molar-refractivity contribution in [1.82, 2.24) is 0 Å². The highest BCUT2D eigenvalue weighted by atomic mass is 32.3. The summed E-state index contributed by atoms with van der Waals surface area (Å²) in [5, 5.41) is 0. The summed E-state index contributed by atoms with van der Waals surface area (Å²) in [4.78, 5) is 0. The summed E-state index contributed by atoms with van der Waals surface area (Å²) in [5.74, 6) is 0.239. The molecular weight excluding hydrogens is 216 g/mol. The smallest absolute Gasteiger partial charge is 0.264 e. The molecule has 0 aromatic heterocycles. The highest BCUT2D eigenvalue weighted by Crippen LogP contribution is 2.16. The molecule has 1 N–H and O–H groups in total. The van der Waals surface area contributed by atoms with Gasteiger partial charge in [-0.05, 0) is 18.8 Å². The normalized spacial score (nSPS) is 14.1. The molecule has 0 radical (unpaired) electrons. The Balaban J connectivity index is 3.82. The first-order valence-corrected chi connectivity index (χ1v) is 6.98. The fourth-order valence-electron chi connectivity index (χ4n) is 1.58. The number of hydrogen-bond acceptors (Lipinski definition) is 3. The van der Waals surface area contributed by atoms with E-state index in [1.165, 1.54) is 0 Å². The summed E-state index contributed by atoms with van der Waals surface area (Å²) in [6.45, 7) is 4.29. The monoisotopic (exact) mass is 238 g/mol. The molecule has 0 aliphatic heterocycles. The lowest BCUT2D eigenvalue weighted by Gasteiger charge is -2.14. The van der Waals surface area contributed by atoms with Gasteiger partial charge in [-0.3, -0.25) is 4.55 Å². The van der Waals surface area contributed by atoms with Crippen LogP contribution in [0.4, 0.5) is 0 Å². The van der Waals surface area contributed by atoms with Crippen molar-refractivity contribution in [3.8, 4) is 0 Å². The molecule has 0 aromatic rings. The van der Waals surface area contributed by atoms with Crippen molar-refractivity contribution in [3.63, 3.8) is 0 Å². The van der Waals surface area contributed by atoms with E-state index in [0.29, 0.717) is 0 Å². The minimum Gasteiger partial charge on any atom is -0.264 e. The highest BCUT2D eigenvalue weighted by Gasteiger charge is 2.12. The van der Waals surface area contributed by atoms with E-state index in [2.05, 4.69) is 18.0 Å². The molecule has 0 heterocycles. The van der Waals surface area contributed by atoms with Crippen molar-refractivity contribution in [1.29, 1.82) is 0 Å². The minimum absolute atomic E-state index is 0.108. The molecule has 0 spiro atoms. The van der Waals surface area contributed by atoms with Crippen molar-refractivity contribution in [2.24, 2.45) is 5.92 Å². The van der Waals surface area contributed by atoms with Gasteiger partial charge in [-0.15, -0.1) is 0 Å². The Bertz CT molecular complexity index is 236. The summed E-state index contributed by atoms with van der Waals surface area (Å²) < 4.78 is 33.7. The van der Waals surface area contributed by atoms with Gasteiger partial charge in [0.2, 0.25) is 0 Å². The molecule has 15 heavy (non-hydrogen) atoms. The van der Waals surface area contributed by atoms with Crippen LogP contribution in [0.5, 0.6) is 0 Å². The van der Waals surface area contributed by atoms with E-state index >= 15 is 0 Å². The lowest BCUT2D eigenvalue weighted by molar-refractivity contribution is 0.206. The molecule has 0 aliphatic carbocycles. The van der Waals surface area contributed by atoms with E-state index in [1.54, 1.807) is 0 Å². The first-order chi connectivity index (χ1) is 6.99. The zero-order valence-corrected chi connectivity index (χ0v) is 10.4. The van der Waals surface area contributed by atoms with Gasteiger partial charge in [0, 0.05) is 0 Å². The SMILES string of the molecule is CCCCC[C@H](CCC)COS(=O)(=O)O. The topological polar surface area (TPSA) is 63.6 Å². The minimum atomic E-state index is -4.27. The van der Waals surface area contributed by atoms with Gasteiger partial charge >= 0.3 is 10.4 Å². The Kier molecular flexibility index (Phi) is 8.00. The van der Waals surface area contributed by atoms with Crippen molar-refractivity contribution in [2.75, 3.05) is 6.61 Å². The summed E-state index contributed by atoms with van der Waals surface area (Å²) >= 11 is 0. The van der Waals surface area contributed by atoms with Gasteiger partial charge < -0.3 is 0 Å². The lowest BCUT2D eigenvalue weighted by atomic mass is 9.98. The average molecular weight is 238 g/mol. The quantitative estimate of drug-likeness (QED) is 0.495. The zero-order chi connectivity index (χ0) is 11.7. The Morgan fingerprint density at radius 3 is 2.27 bits per heavy atom. The second-order valence-electron chi connectivity index (χ2n) is 3.86. The summed E-state index contributed by atoms with van der Waals surface area (Å²) in [6.07, 6.45) is 6.32. The Labute approximate surface area is 93.0 Å². The maximum Gasteiger partial charge on any atom is 0.397 e. The van der Waals surface area contributed by atoms with Gasteiger partial charge in [0.25, 0.3) is 0 Å². The first-order valence-electron chi connectivity index (χ1n) is 5.61. The summed E-state index contributed by atoms with van der Waals surface area (Å²) in [5.41, 5.74) is 0. The fraction of sp³-hybridized carbons (Fsp3) is 1.00. The van der Waals surface area contributed by atoms with Crippen LogP contribution in [-0.2, 0) is 14.6 Å². The molecular formula is C10H22O4S. The predicted molar refractivity (Wildman–Crippen MR) is 60.0 cm³/mol. The van der Waals surface area contributed by atoms with Gasteiger partial charge in [-0.1, -0.05) is 39.5 Å². The van der Waals surface area contributed by atoms with Crippen LogP contribution in [0.2, 0.25) is 0 Å². The second-order valence-corrected chi connectivity index (χ2v) is 4.95. The van der Waals surface area contributed by atoms with Crippen molar-refractivity contribution in [2.45, 2.75) is 52.4 Å². The van der Waals surface area contributed by atoms with Gasteiger partial charge in [0.1, 0.15) is 0 Å². The first kappa shape index (κ1) is 14.9. The van der Waals surface area contributed by atoms with E-state index in [1.807, 2.05) is 0 Å². The average Bonchev–Trinajstić information content (AvgIpc) is 2.13. The van der Waals surface area contributed by atoms with Crippen molar-refractivity contribution < 1.29 is 17.2 Å². The van der Waals surface area contributed by atoms with Crippen LogP contribution in [0, 0.1) is 5.92 Å². The van der Waals surface area contributed by atoms with Crippen LogP contribution in [0.25, 0.3) is 0 Å². The van der Waals surface area contributed by atoms with Crippen LogP contribution in [0.3, 0.4) is 0 Å². The molecule has 1 atom stereocenters. The predicted octanol–water partition coefficient (Wildman–Crippen LogP) is 2.80. The summed E-state index contributed by atoms with van der Waals surface area (Å²) in [7, 11) is -4.27. The van der Waals surface area contributed by atoms with E-state index in [-0.39, 0.29) is 12.5 Å². The van der Waals surface area contributed by atoms with Crippen LogP contribution in [0.1, 0.15) is 52.4 Å². The molecule has 92 valence electrons. The van der Waals surface area contributed by atoms with Crippen molar-refractivity contribution in [3.05, 3.63) is 0 Å². The number of unbranched alkanes of at least 4 members (excludes halogenated alkanes) is 2. The maximum absolute atomic E-state index is 10.4. The van der Waals surface area contributed by atoms with Gasteiger partial charge in [0.05, 0.1) is 6.61 Å². The molecule has 5 heteroatoms. The Morgan fingerprint density at radius 1 is 1.13 bits per heavy atom. The van der Waals surface area contributed by atoms with E-state index < -0.39 is 10.4 Å². The number of rotatable bonds is 9. The molecule has 0 amide bonds. The Hall–Kier alpha value is -0.130. The molecule has 0 aromatic carbocycles. The third kappa shape index (κ3) is 10.2. The number of hydrogen-bond donors (Lipinski definition) is 1. The summed E-state index contributed by atoms with van der Waals surface area (Å²) in [6, 6.07) is 0. The molecule has 0 aliphatic rings. The molecule has 0 unspecified atom stereocenters.